The standard InChI is InChI=1S/C26H32ClN5O3/c1-3-35-26(33)17-32-30-24(29-31-32)14-13-19-11-12-20(16-22(19)27)21(15-18-7-4-5-8-18)23-9-6-10-25(28-23)34-2/h6,9-12,16,18,21H,3-5,7-8,13-15,17H2,1-2H3. The number of benzene rings is 1. The first-order valence-corrected chi connectivity index (χ1v) is 12.6. The molecule has 1 aliphatic carbocycles. The predicted octanol–water partition coefficient (Wildman–Crippen LogP) is 4.79. The largest absolute Gasteiger partial charge is 0.481 e. The van der Waals surface area contributed by atoms with E-state index >= 15 is 0 Å². The number of pyridine rings is 1. The number of esters is 1. The molecule has 9 heteroatoms. The average Bonchev–Trinajstić information content (AvgIpc) is 3.54. The predicted molar refractivity (Wildman–Crippen MR) is 133 cm³/mol. The highest BCUT2D eigenvalue weighted by Crippen LogP contribution is 2.38. The third-order valence-corrected chi connectivity index (χ3v) is 6.87. The van der Waals surface area contributed by atoms with Crippen molar-refractivity contribution in [3.8, 4) is 5.88 Å². The van der Waals surface area contributed by atoms with E-state index in [1.54, 1.807) is 14.0 Å². The molecule has 0 N–H and O–H groups in total. The highest BCUT2D eigenvalue weighted by molar-refractivity contribution is 6.31. The molecule has 0 spiro atoms. The second kappa shape index (κ2) is 12.1. The summed E-state index contributed by atoms with van der Waals surface area (Å²) < 4.78 is 10.3. The molecule has 1 aromatic carbocycles. The maximum atomic E-state index is 11.6. The number of hydrogen-bond acceptors (Lipinski definition) is 7. The fourth-order valence-electron chi connectivity index (χ4n) is 4.74. The second-order valence-corrected chi connectivity index (χ2v) is 9.34. The minimum atomic E-state index is -0.382. The fraction of sp³-hybridized carbons (Fsp3) is 0.500. The Morgan fingerprint density at radius 2 is 2.03 bits per heavy atom. The van der Waals surface area contributed by atoms with Crippen LogP contribution in [0.5, 0.6) is 5.88 Å². The Kier molecular flexibility index (Phi) is 8.69. The van der Waals surface area contributed by atoms with E-state index in [2.05, 4.69) is 39.7 Å². The first kappa shape index (κ1) is 25.1. The Bertz CT molecular complexity index is 1130. The van der Waals surface area contributed by atoms with Gasteiger partial charge in [0.05, 0.1) is 19.4 Å². The normalized spacial score (nSPS) is 14.7. The lowest BCUT2D eigenvalue weighted by Gasteiger charge is -2.22. The monoisotopic (exact) mass is 497 g/mol. The van der Waals surface area contributed by atoms with Crippen LogP contribution < -0.4 is 4.74 Å². The molecule has 2 heterocycles. The molecule has 35 heavy (non-hydrogen) atoms. The molecule has 1 atom stereocenters. The lowest BCUT2D eigenvalue weighted by Crippen LogP contribution is -2.15. The molecule has 4 rings (SSSR count). The molecule has 0 saturated heterocycles. The highest BCUT2D eigenvalue weighted by Gasteiger charge is 2.24. The number of carbonyl (C=O) groups excluding carboxylic acids is 1. The Balaban J connectivity index is 1.46. The van der Waals surface area contributed by atoms with Crippen molar-refractivity contribution in [1.29, 1.82) is 0 Å². The van der Waals surface area contributed by atoms with Gasteiger partial charge in [-0.25, -0.2) is 9.78 Å². The van der Waals surface area contributed by atoms with E-state index in [1.807, 2.05) is 12.1 Å². The minimum Gasteiger partial charge on any atom is -0.481 e. The van der Waals surface area contributed by atoms with Crippen LogP contribution in [0.15, 0.2) is 36.4 Å². The molecule has 0 aliphatic heterocycles. The van der Waals surface area contributed by atoms with Crippen LogP contribution in [0.2, 0.25) is 5.02 Å². The molecular formula is C26H32ClN5O3. The zero-order chi connectivity index (χ0) is 24.6. The number of hydrogen-bond donors (Lipinski definition) is 0. The Labute approximate surface area is 211 Å². The van der Waals surface area contributed by atoms with Crippen LogP contribution in [0.25, 0.3) is 0 Å². The van der Waals surface area contributed by atoms with Crippen molar-refractivity contribution in [3.05, 3.63) is 64.1 Å². The first-order chi connectivity index (χ1) is 17.1. The third-order valence-electron chi connectivity index (χ3n) is 6.52. The molecule has 1 unspecified atom stereocenters. The van der Waals surface area contributed by atoms with Crippen molar-refractivity contribution in [2.24, 2.45) is 5.92 Å². The summed E-state index contributed by atoms with van der Waals surface area (Å²) in [6.45, 7) is 2.04. The van der Waals surface area contributed by atoms with Crippen molar-refractivity contribution in [1.82, 2.24) is 25.2 Å². The summed E-state index contributed by atoms with van der Waals surface area (Å²) in [6.07, 6.45) is 7.47. The van der Waals surface area contributed by atoms with Crippen molar-refractivity contribution in [3.63, 3.8) is 0 Å². The summed E-state index contributed by atoms with van der Waals surface area (Å²) in [7, 11) is 1.65. The number of nitrogens with zero attached hydrogens (tertiary/aromatic N) is 5. The van der Waals surface area contributed by atoms with Gasteiger partial charge in [-0.1, -0.05) is 55.5 Å². The zero-order valence-electron chi connectivity index (χ0n) is 20.3. The third kappa shape index (κ3) is 6.78. The van der Waals surface area contributed by atoms with Crippen LogP contribution in [-0.2, 0) is 28.9 Å². The number of halogens is 1. The van der Waals surface area contributed by atoms with Crippen molar-refractivity contribution < 1.29 is 14.3 Å². The van der Waals surface area contributed by atoms with Crippen LogP contribution in [-0.4, -0.2) is 44.9 Å². The number of methoxy groups -OCH3 is 1. The van der Waals surface area contributed by atoms with Crippen LogP contribution >= 0.6 is 11.6 Å². The maximum Gasteiger partial charge on any atom is 0.329 e. The molecule has 1 fully saturated rings. The van der Waals surface area contributed by atoms with Gasteiger partial charge in [0.25, 0.3) is 0 Å². The summed E-state index contributed by atoms with van der Waals surface area (Å²) in [5, 5.41) is 13.0. The van der Waals surface area contributed by atoms with Crippen molar-refractivity contribution in [2.45, 2.75) is 64.3 Å². The van der Waals surface area contributed by atoms with E-state index < -0.39 is 0 Å². The molecular weight excluding hydrogens is 466 g/mol. The van der Waals surface area contributed by atoms with Gasteiger partial charge in [0, 0.05) is 23.4 Å². The quantitative estimate of drug-likeness (QED) is 0.351. The van der Waals surface area contributed by atoms with Crippen molar-refractivity contribution >= 4 is 17.6 Å². The van der Waals surface area contributed by atoms with Gasteiger partial charge in [-0.2, -0.15) is 4.80 Å². The van der Waals surface area contributed by atoms with Gasteiger partial charge in [-0.05, 0) is 54.2 Å². The number of aryl methyl sites for hydroxylation is 2. The van der Waals surface area contributed by atoms with E-state index in [4.69, 9.17) is 26.1 Å². The van der Waals surface area contributed by atoms with E-state index in [0.29, 0.717) is 37.1 Å². The van der Waals surface area contributed by atoms with Gasteiger partial charge in [0.2, 0.25) is 5.88 Å². The van der Waals surface area contributed by atoms with E-state index in [1.165, 1.54) is 36.0 Å². The molecule has 0 amide bonds. The molecule has 0 bridgehead atoms. The number of tetrazole rings is 1. The highest BCUT2D eigenvalue weighted by atomic mass is 35.5. The van der Waals surface area contributed by atoms with Gasteiger partial charge >= 0.3 is 5.97 Å². The molecule has 0 radical (unpaired) electrons. The van der Waals surface area contributed by atoms with Gasteiger partial charge in [-0.3, -0.25) is 0 Å². The number of carbonyl (C=O) groups is 1. The molecule has 2 aromatic heterocycles. The van der Waals surface area contributed by atoms with Gasteiger partial charge in [0.1, 0.15) is 0 Å². The lowest BCUT2D eigenvalue weighted by atomic mass is 9.85. The maximum absolute atomic E-state index is 11.6. The SMILES string of the molecule is CCOC(=O)Cn1nnc(CCc2ccc(C(CC3CCCC3)c3cccc(OC)n3)cc2Cl)n1. The number of ether oxygens (including phenoxy) is 2. The van der Waals surface area contributed by atoms with E-state index in [-0.39, 0.29) is 18.4 Å². The summed E-state index contributed by atoms with van der Waals surface area (Å²) >= 11 is 6.74. The van der Waals surface area contributed by atoms with Gasteiger partial charge in [0.15, 0.2) is 12.4 Å². The van der Waals surface area contributed by atoms with E-state index in [0.717, 1.165) is 22.7 Å². The minimum absolute atomic E-state index is 0.0447. The van der Waals surface area contributed by atoms with E-state index in [9.17, 15) is 4.79 Å². The zero-order valence-corrected chi connectivity index (χ0v) is 21.1. The number of rotatable bonds is 11. The summed E-state index contributed by atoms with van der Waals surface area (Å²) in [4.78, 5) is 17.6. The Morgan fingerprint density at radius 1 is 1.20 bits per heavy atom. The lowest BCUT2D eigenvalue weighted by molar-refractivity contribution is -0.144. The molecule has 1 aliphatic rings. The molecule has 186 valence electrons. The Hall–Kier alpha value is -3.00. The second-order valence-electron chi connectivity index (χ2n) is 8.94. The molecule has 8 nitrogen and oxygen atoms in total. The van der Waals surface area contributed by atoms with Crippen LogP contribution in [0.3, 0.4) is 0 Å². The number of aromatic nitrogens is 5. The summed E-state index contributed by atoms with van der Waals surface area (Å²) in [5.74, 6) is 1.69. The summed E-state index contributed by atoms with van der Waals surface area (Å²) in [6, 6.07) is 12.3. The fourth-order valence-corrected chi connectivity index (χ4v) is 5.02. The van der Waals surface area contributed by atoms with Gasteiger partial charge < -0.3 is 9.47 Å². The van der Waals surface area contributed by atoms with Crippen LogP contribution in [0, 0.1) is 5.92 Å². The van der Waals surface area contributed by atoms with Gasteiger partial charge in [-0.15, -0.1) is 10.2 Å². The topological polar surface area (TPSA) is 92.0 Å². The van der Waals surface area contributed by atoms with Crippen molar-refractivity contribution in [2.75, 3.05) is 13.7 Å². The molecule has 1 saturated carbocycles. The molecule has 3 aromatic rings. The Morgan fingerprint density at radius 3 is 2.77 bits per heavy atom. The average molecular weight is 498 g/mol. The van der Waals surface area contributed by atoms with Crippen LogP contribution in [0.1, 0.15) is 67.6 Å². The first-order valence-electron chi connectivity index (χ1n) is 12.3. The van der Waals surface area contributed by atoms with Crippen LogP contribution in [0.4, 0.5) is 0 Å². The summed E-state index contributed by atoms with van der Waals surface area (Å²) in [5.41, 5.74) is 3.21. The smallest absolute Gasteiger partial charge is 0.329 e.